The van der Waals surface area contributed by atoms with Crippen molar-refractivity contribution in [2.24, 2.45) is 5.73 Å². The SMILES string of the molecule is C[C@H](N)C(=O)N(C)[C@H]1CCCC[C@@H]1NC(=O)OCc1ccccc1. The van der Waals surface area contributed by atoms with E-state index >= 15 is 0 Å². The number of hydrogen-bond acceptors (Lipinski definition) is 4. The summed E-state index contributed by atoms with van der Waals surface area (Å²) in [5.41, 5.74) is 6.64. The minimum Gasteiger partial charge on any atom is -0.445 e. The predicted octanol–water partition coefficient (Wildman–Crippen LogP) is 2.03. The van der Waals surface area contributed by atoms with E-state index in [4.69, 9.17) is 10.5 Å². The lowest BCUT2D eigenvalue weighted by Gasteiger charge is -2.38. The zero-order chi connectivity index (χ0) is 17.5. The quantitative estimate of drug-likeness (QED) is 0.863. The van der Waals surface area contributed by atoms with Crippen molar-refractivity contribution in [3.05, 3.63) is 35.9 Å². The summed E-state index contributed by atoms with van der Waals surface area (Å²) < 4.78 is 5.29. The van der Waals surface area contributed by atoms with Crippen LogP contribution in [0.1, 0.15) is 38.2 Å². The van der Waals surface area contributed by atoms with Gasteiger partial charge in [-0.05, 0) is 25.3 Å². The Morgan fingerprint density at radius 2 is 1.96 bits per heavy atom. The molecule has 1 aliphatic carbocycles. The molecular formula is C18H27N3O3. The molecule has 0 spiro atoms. The van der Waals surface area contributed by atoms with Crippen molar-refractivity contribution in [3.8, 4) is 0 Å². The summed E-state index contributed by atoms with van der Waals surface area (Å²) in [6, 6.07) is 8.86. The zero-order valence-corrected chi connectivity index (χ0v) is 14.4. The number of nitrogens with one attached hydrogen (secondary N) is 1. The number of ether oxygens (including phenoxy) is 1. The number of nitrogens with zero attached hydrogens (tertiary/aromatic N) is 1. The van der Waals surface area contributed by atoms with E-state index in [-0.39, 0.29) is 24.6 Å². The maximum absolute atomic E-state index is 12.1. The van der Waals surface area contributed by atoms with Gasteiger partial charge >= 0.3 is 6.09 Å². The van der Waals surface area contributed by atoms with E-state index < -0.39 is 12.1 Å². The Bertz CT molecular complexity index is 548. The lowest BCUT2D eigenvalue weighted by molar-refractivity contribution is -0.134. The third kappa shape index (κ3) is 4.96. The van der Waals surface area contributed by atoms with Crippen LogP contribution in [-0.4, -0.2) is 42.1 Å². The third-order valence-corrected chi connectivity index (χ3v) is 4.48. The molecule has 132 valence electrons. The van der Waals surface area contributed by atoms with Crippen molar-refractivity contribution < 1.29 is 14.3 Å². The second kappa shape index (κ2) is 8.68. The molecule has 2 rings (SSSR count). The largest absolute Gasteiger partial charge is 0.445 e. The van der Waals surface area contributed by atoms with Crippen molar-refractivity contribution in [2.45, 2.75) is 57.3 Å². The Morgan fingerprint density at radius 3 is 2.62 bits per heavy atom. The van der Waals surface area contributed by atoms with E-state index in [1.807, 2.05) is 30.3 Å². The highest BCUT2D eigenvalue weighted by Gasteiger charge is 2.32. The van der Waals surface area contributed by atoms with Gasteiger partial charge in [-0.25, -0.2) is 4.79 Å². The van der Waals surface area contributed by atoms with Crippen LogP contribution in [0, 0.1) is 0 Å². The second-order valence-electron chi connectivity index (χ2n) is 6.40. The topological polar surface area (TPSA) is 84.7 Å². The predicted molar refractivity (Wildman–Crippen MR) is 92.2 cm³/mol. The summed E-state index contributed by atoms with van der Waals surface area (Å²) in [5.74, 6) is -0.105. The fourth-order valence-corrected chi connectivity index (χ4v) is 3.14. The molecule has 1 saturated carbocycles. The molecule has 1 aromatic carbocycles. The van der Waals surface area contributed by atoms with Crippen LogP contribution in [0.2, 0.25) is 0 Å². The first-order valence-electron chi connectivity index (χ1n) is 8.48. The van der Waals surface area contributed by atoms with Crippen molar-refractivity contribution in [3.63, 3.8) is 0 Å². The van der Waals surface area contributed by atoms with Crippen LogP contribution in [-0.2, 0) is 16.1 Å². The van der Waals surface area contributed by atoms with E-state index in [1.165, 1.54) is 0 Å². The van der Waals surface area contributed by atoms with Crippen LogP contribution in [0.4, 0.5) is 4.79 Å². The number of amides is 2. The molecule has 2 amide bonds. The molecule has 1 fully saturated rings. The molecule has 3 atom stereocenters. The summed E-state index contributed by atoms with van der Waals surface area (Å²) in [4.78, 5) is 25.9. The number of benzene rings is 1. The smallest absolute Gasteiger partial charge is 0.407 e. The molecule has 0 aliphatic heterocycles. The molecular weight excluding hydrogens is 306 g/mol. The molecule has 24 heavy (non-hydrogen) atoms. The van der Waals surface area contributed by atoms with Crippen molar-refractivity contribution >= 4 is 12.0 Å². The Kier molecular flexibility index (Phi) is 6.61. The van der Waals surface area contributed by atoms with Gasteiger partial charge in [0.05, 0.1) is 18.1 Å². The zero-order valence-electron chi connectivity index (χ0n) is 14.4. The number of nitrogens with two attached hydrogens (primary N) is 1. The minimum absolute atomic E-state index is 0.0403. The highest BCUT2D eigenvalue weighted by Crippen LogP contribution is 2.23. The van der Waals surface area contributed by atoms with E-state index in [0.29, 0.717) is 0 Å². The highest BCUT2D eigenvalue weighted by molar-refractivity contribution is 5.81. The molecule has 0 radical (unpaired) electrons. The van der Waals surface area contributed by atoms with E-state index in [0.717, 1.165) is 31.2 Å². The molecule has 3 N–H and O–H groups in total. The number of carbonyl (C=O) groups is 2. The lowest BCUT2D eigenvalue weighted by Crippen LogP contribution is -2.56. The van der Waals surface area contributed by atoms with Crippen molar-refractivity contribution in [1.29, 1.82) is 0 Å². The van der Waals surface area contributed by atoms with Gasteiger partial charge < -0.3 is 20.7 Å². The van der Waals surface area contributed by atoms with Crippen molar-refractivity contribution in [2.75, 3.05) is 7.05 Å². The van der Waals surface area contributed by atoms with E-state index in [1.54, 1.807) is 18.9 Å². The molecule has 0 bridgehead atoms. The van der Waals surface area contributed by atoms with Gasteiger partial charge in [-0.2, -0.15) is 0 Å². The van der Waals surface area contributed by atoms with E-state index in [9.17, 15) is 9.59 Å². The summed E-state index contributed by atoms with van der Waals surface area (Å²) >= 11 is 0. The lowest BCUT2D eigenvalue weighted by atomic mass is 9.89. The van der Waals surface area contributed by atoms with Crippen LogP contribution in [0.3, 0.4) is 0 Å². The van der Waals surface area contributed by atoms with Crippen LogP contribution in [0.15, 0.2) is 30.3 Å². The highest BCUT2D eigenvalue weighted by atomic mass is 16.5. The number of hydrogen-bond donors (Lipinski definition) is 2. The monoisotopic (exact) mass is 333 g/mol. The Hall–Kier alpha value is -2.08. The summed E-state index contributed by atoms with van der Waals surface area (Å²) in [7, 11) is 1.76. The van der Waals surface area contributed by atoms with Gasteiger partial charge in [0.1, 0.15) is 6.61 Å². The van der Waals surface area contributed by atoms with Crippen molar-refractivity contribution in [1.82, 2.24) is 10.2 Å². The maximum Gasteiger partial charge on any atom is 0.407 e. The Balaban J connectivity index is 1.90. The standard InChI is InChI=1S/C18H27N3O3/c1-13(19)17(22)21(2)16-11-7-6-10-15(16)20-18(23)24-12-14-8-4-3-5-9-14/h3-5,8-9,13,15-16H,6-7,10-12,19H2,1-2H3,(H,20,23)/t13-,15-,16-/m0/s1. The number of alkyl carbamates (subject to hydrolysis) is 1. The van der Waals surface area contributed by atoms with Crippen LogP contribution >= 0.6 is 0 Å². The normalized spacial score (nSPS) is 21.6. The number of carbonyl (C=O) groups excluding carboxylic acids is 2. The minimum atomic E-state index is -0.539. The summed E-state index contributed by atoms with van der Waals surface area (Å²) in [6.07, 6.45) is 3.32. The van der Waals surface area contributed by atoms with Gasteiger partial charge in [0, 0.05) is 7.05 Å². The van der Waals surface area contributed by atoms with Gasteiger partial charge in [0.25, 0.3) is 0 Å². The molecule has 6 nitrogen and oxygen atoms in total. The Morgan fingerprint density at radius 1 is 1.29 bits per heavy atom. The number of rotatable bonds is 5. The first-order chi connectivity index (χ1) is 11.5. The molecule has 0 saturated heterocycles. The first kappa shape index (κ1) is 18.3. The number of likely N-dealkylation sites (N-methyl/N-ethyl adjacent to an activating group) is 1. The molecule has 0 aromatic heterocycles. The molecule has 1 aromatic rings. The molecule has 1 aliphatic rings. The molecule has 0 unspecified atom stereocenters. The first-order valence-corrected chi connectivity index (χ1v) is 8.48. The van der Waals surface area contributed by atoms with Gasteiger partial charge in [0.15, 0.2) is 0 Å². The molecule has 0 heterocycles. The average molecular weight is 333 g/mol. The van der Waals surface area contributed by atoms with Crippen LogP contribution < -0.4 is 11.1 Å². The summed E-state index contributed by atoms with van der Waals surface area (Å²) in [5, 5.41) is 2.92. The Labute approximate surface area is 143 Å². The fraction of sp³-hybridized carbons (Fsp3) is 0.556. The van der Waals surface area contributed by atoms with Gasteiger partial charge in [-0.15, -0.1) is 0 Å². The van der Waals surface area contributed by atoms with Crippen LogP contribution in [0.25, 0.3) is 0 Å². The van der Waals surface area contributed by atoms with Gasteiger partial charge in [-0.1, -0.05) is 43.2 Å². The maximum atomic E-state index is 12.1. The van der Waals surface area contributed by atoms with Gasteiger partial charge in [-0.3, -0.25) is 4.79 Å². The molecule has 6 heteroatoms. The van der Waals surface area contributed by atoms with Gasteiger partial charge in [0.2, 0.25) is 5.91 Å². The average Bonchev–Trinajstić information content (AvgIpc) is 2.60. The third-order valence-electron chi connectivity index (χ3n) is 4.48. The fourth-order valence-electron chi connectivity index (χ4n) is 3.14. The second-order valence-corrected chi connectivity index (χ2v) is 6.40. The van der Waals surface area contributed by atoms with Crippen LogP contribution in [0.5, 0.6) is 0 Å². The van der Waals surface area contributed by atoms with E-state index in [2.05, 4.69) is 5.32 Å². The summed E-state index contributed by atoms with van der Waals surface area (Å²) in [6.45, 7) is 1.91.